The Morgan fingerprint density at radius 3 is 1.97 bits per heavy atom. The van der Waals surface area contributed by atoms with Crippen molar-refractivity contribution in [1.29, 1.82) is 0 Å². The Morgan fingerprint density at radius 2 is 1.48 bits per heavy atom. The molecule has 0 saturated carbocycles. The Hall–Kier alpha value is -2.24. The molecule has 0 spiro atoms. The number of ether oxygens (including phenoxy) is 3. The summed E-state index contributed by atoms with van der Waals surface area (Å²) < 4.78 is 16.1. The fourth-order valence-electron chi connectivity index (χ4n) is 2.80. The lowest BCUT2D eigenvalue weighted by Crippen LogP contribution is -2.20. The van der Waals surface area contributed by atoms with Crippen molar-refractivity contribution < 1.29 is 24.1 Å². The molecule has 1 N–H and O–H groups in total. The first-order chi connectivity index (χ1) is 13.8. The van der Waals surface area contributed by atoms with Gasteiger partial charge in [-0.15, -0.1) is 11.6 Å². The van der Waals surface area contributed by atoms with Crippen molar-refractivity contribution in [2.45, 2.75) is 38.7 Å². The van der Waals surface area contributed by atoms with Gasteiger partial charge >= 0.3 is 5.97 Å². The maximum atomic E-state index is 10.7. The molecule has 0 aliphatic rings. The van der Waals surface area contributed by atoms with Crippen molar-refractivity contribution in [3.63, 3.8) is 0 Å². The number of aliphatic hydroxyl groups excluding tert-OH is 1. The van der Waals surface area contributed by atoms with E-state index >= 15 is 0 Å². The minimum Gasteiger partial charge on any atom is -0.493 e. The topological polar surface area (TPSA) is 65.0 Å². The number of esters is 1. The number of benzene rings is 2. The number of rotatable bonds is 11. The highest BCUT2D eigenvalue weighted by atomic mass is 35.5. The van der Waals surface area contributed by atoms with E-state index < -0.39 is 6.10 Å². The summed E-state index contributed by atoms with van der Waals surface area (Å²) in [5, 5.41) is 9.49. The summed E-state index contributed by atoms with van der Waals surface area (Å²) in [5.41, 5.74) is 2.12. The fraction of sp³-hybridized carbons (Fsp3) is 0.435. The Kier molecular flexibility index (Phi) is 8.80. The van der Waals surface area contributed by atoms with Gasteiger partial charge in [-0.3, -0.25) is 4.79 Å². The SMILES string of the molecule is CC(=O)OCCCOc1ccc(C(C)(C)c2ccc(OCC(O)CCl)cc2)cc1. The standard InChI is InChI=1S/C23H29ClO5/c1-17(25)27-13-4-14-28-21-9-5-18(6-10-21)23(2,3)19-7-11-22(12-8-19)29-16-20(26)15-24/h5-12,20,26H,4,13-16H2,1-3H3. The molecule has 0 heterocycles. The van der Waals surface area contributed by atoms with Crippen LogP contribution in [0.4, 0.5) is 0 Å². The third-order valence-corrected chi connectivity index (χ3v) is 4.99. The molecule has 1 unspecified atom stereocenters. The number of aliphatic hydroxyl groups is 1. The number of halogens is 1. The van der Waals surface area contributed by atoms with E-state index in [9.17, 15) is 9.90 Å². The van der Waals surface area contributed by atoms with Gasteiger partial charge in [-0.05, 0) is 35.4 Å². The molecular weight excluding hydrogens is 392 g/mol. The number of alkyl halides is 1. The zero-order valence-corrected chi connectivity index (χ0v) is 17.9. The lowest BCUT2D eigenvalue weighted by molar-refractivity contribution is -0.141. The van der Waals surface area contributed by atoms with Gasteiger partial charge in [0.25, 0.3) is 0 Å². The molecule has 6 heteroatoms. The second-order valence-corrected chi connectivity index (χ2v) is 7.64. The van der Waals surface area contributed by atoms with Gasteiger partial charge in [-0.1, -0.05) is 38.1 Å². The number of carbonyl (C=O) groups excluding carboxylic acids is 1. The molecule has 2 aromatic rings. The van der Waals surface area contributed by atoms with Crippen molar-refractivity contribution >= 4 is 17.6 Å². The van der Waals surface area contributed by atoms with Crippen LogP contribution in [0.25, 0.3) is 0 Å². The van der Waals surface area contributed by atoms with Crippen LogP contribution in [-0.2, 0) is 14.9 Å². The molecule has 5 nitrogen and oxygen atoms in total. The second-order valence-electron chi connectivity index (χ2n) is 7.33. The molecule has 158 valence electrons. The summed E-state index contributed by atoms with van der Waals surface area (Å²) in [7, 11) is 0. The van der Waals surface area contributed by atoms with Gasteiger partial charge in [-0.25, -0.2) is 0 Å². The predicted octanol–water partition coefficient (Wildman–Crippen LogP) is 4.32. The third-order valence-electron chi connectivity index (χ3n) is 4.64. The van der Waals surface area contributed by atoms with Gasteiger partial charge in [0.05, 0.1) is 19.1 Å². The van der Waals surface area contributed by atoms with Crippen LogP contribution in [0, 0.1) is 0 Å². The first-order valence-corrected chi connectivity index (χ1v) is 10.2. The minimum absolute atomic E-state index is 0.150. The largest absolute Gasteiger partial charge is 0.493 e. The van der Waals surface area contributed by atoms with Crippen LogP contribution in [-0.4, -0.2) is 42.9 Å². The van der Waals surface area contributed by atoms with Gasteiger partial charge in [0.1, 0.15) is 24.2 Å². The first-order valence-electron chi connectivity index (χ1n) is 9.67. The molecule has 0 saturated heterocycles. The molecule has 0 radical (unpaired) electrons. The maximum Gasteiger partial charge on any atom is 0.302 e. The van der Waals surface area contributed by atoms with E-state index in [1.165, 1.54) is 6.92 Å². The quantitative estimate of drug-likeness (QED) is 0.333. The number of carbonyl (C=O) groups is 1. The lowest BCUT2D eigenvalue weighted by atomic mass is 9.78. The molecule has 0 bridgehead atoms. The van der Waals surface area contributed by atoms with Crippen LogP contribution in [0.2, 0.25) is 0 Å². The van der Waals surface area contributed by atoms with Crippen molar-refractivity contribution in [3.8, 4) is 11.5 Å². The van der Waals surface area contributed by atoms with Gasteiger partial charge in [0, 0.05) is 18.8 Å². The monoisotopic (exact) mass is 420 g/mol. The average Bonchev–Trinajstić information content (AvgIpc) is 2.72. The Balaban J connectivity index is 1.93. The van der Waals surface area contributed by atoms with Crippen molar-refractivity contribution in [3.05, 3.63) is 59.7 Å². The second kappa shape index (κ2) is 11.1. The van der Waals surface area contributed by atoms with Crippen LogP contribution in [0.15, 0.2) is 48.5 Å². The number of hydrogen-bond acceptors (Lipinski definition) is 5. The normalized spacial score (nSPS) is 12.3. The third kappa shape index (κ3) is 7.26. The van der Waals surface area contributed by atoms with Crippen molar-refractivity contribution in [2.75, 3.05) is 25.7 Å². The Bertz CT molecular complexity index is 756. The Morgan fingerprint density at radius 1 is 0.966 bits per heavy atom. The zero-order valence-electron chi connectivity index (χ0n) is 17.2. The maximum absolute atomic E-state index is 10.7. The number of hydrogen-bond donors (Lipinski definition) is 1. The molecule has 0 aromatic heterocycles. The summed E-state index contributed by atoms with van der Waals surface area (Å²) in [5.74, 6) is 1.36. The van der Waals surface area contributed by atoms with Crippen LogP contribution in [0.5, 0.6) is 11.5 Å². The summed E-state index contributed by atoms with van der Waals surface area (Å²) in [4.78, 5) is 10.7. The van der Waals surface area contributed by atoms with Crippen LogP contribution in [0.1, 0.15) is 38.3 Å². The average molecular weight is 421 g/mol. The molecule has 0 fully saturated rings. The van der Waals surface area contributed by atoms with E-state index in [-0.39, 0.29) is 23.9 Å². The first kappa shape index (κ1) is 23.0. The molecule has 0 aliphatic carbocycles. The zero-order chi connectivity index (χ0) is 21.3. The molecule has 2 aromatic carbocycles. The van der Waals surface area contributed by atoms with E-state index in [1.54, 1.807) is 0 Å². The molecular formula is C23H29ClO5. The van der Waals surface area contributed by atoms with Gasteiger partial charge < -0.3 is 19.3 Å². The summed E-state index contributed by atoms with van der Waals surface area (Å²) >= 11 is 5.58. The summed E-state index contributed by atoms with van der Waals surface area (Å²) in [6.07, 6.45) is -0.0152. The highest BCUT2D eigenvalue weighted by Crippen LogP contribution is 2.33. The van der Waals surface area contributed by atoms with Crippen LogP contribution in [0.3, 0.4) is 0 Å². The van der Waals surface area contributed by atoms with Gasteiger partial charge in [0.15, 0.2) is 0 Å². The predicted molar refractivity (Wildman–Crippen MR) is 114 cm³/mol. The summed E-state index contributed by atoms with van der Waals surface area (Å²) in [6.45, 7) is 6.76. The van der Waals surface area contributed by atoms with Crippen LogP contribution < -0.4 is 9.47 Å². The van der Waals surface area contributed by atoms with E-state index in [0.29, 0.717) is 25.4 Å². The molecule has 1 atom stereocenters. The van der Waals surface area contributed by atoms with Crippen molar-refractivity contribution in [2.24, 2.45) is 0 Å². The van der Waals surface area contributed by atoms with E-state index in [0.717, 1.165) is 16.9 Å². The van der Waals surface area contributed by atoms with Gasteiger partial charge in [0.2, 0.25) is 0 Å². The summed E-state index contributed by atoms with van der Waals surface area (Å²) in [6, 6.07) is 15.9. The van der Waals surface area contributed by atoms with E-state index in [2.05, 4.69) is 26.0 Å². The molecule has 2 rings (SSSR count). The highest BCUT2D eigenvalue weighted by Gasteiger charge is 2.23. The van der Waals surface area contributed by atoms with Crippen LogP contribution >= 0.6 is 11.6 Å². The van der Waals surface area contributed by atoms with Crippen molar-refractivity contribution in [1.82, 2.24) is 0 Å². The van der Waals surface area contributed by atoms with E-state index in [4.69, 9.17) is 25.8 Å². The van der Waals surface area contributed by atoms with E-state index in [1.807, 2.05) is 36.4 Å². The smallest absolute Gasteiger partial charge is 0.302 e. The fourth-order valence-corrected chi connectivity index (χ4v) is 2.89. The Labute approximate surface area is 177 Å². The minimum atomic E-state index is -0.671. The molecule has 29 heavy (non-hydrogen) atoms. The molecule has 0 aliphatic heterocycles. The van der Waals surface area contributed by atoms with Gasteiger partial charge in [-0.2, -0.15) is 0 Å². The molecule has 0 amide bonds. The highest BCUT2D eigenvalue weighted by molar-refractivity contribution is 6.18. The lowest BCUT2D eigenvalue weighted by Gasteiger charge is -2.26.